The molecule has 368 valence electrons. The zero-order chi connectivity index (χ0) is 45.1. The Morgan fingerprint density at radius 1 is 0.435 bits per heavy atom. The van der Waals surface area contributed by atoms with Crippen molar-refractivity contribution < 1.29 is 24.5 Å². The summed E-state index contributed by atoms with van der Waals surface area (Å²) in [6.45, 7) is 4.92. The Bertz CT molecular complexity index is 924. The van der Waals surface area contributed by atoms with Gasteiger partial charge in [-0.2, -0.15) is 0 Å². The molecular weight excluding hydrogens is 767 g/mol. The number of amides is 1. The topological polar surface area (TPSA) is 95.9 Å². The van der Waals surface area contributed by atoms with Crippen LogP contribution in [0.5, 0.6) is 0 Å². The summed E-state index contributed by atoms with van der Waals surface area (Å²) < 4.78 is 5.46. The van der Waals surface area contributed by atoms with Crippen LogP contribution in [0.1, 0.15) is 309 Å². The Morgan fingerprint density at radius 2 is 0.758 bits per heavy atom. The molecule has 0 fully saturated rings. The maximum atomic E-state index is 12.5. The molecule has 3 N–H and O–H groups in total. The van der Waals surface area contributed by atoms with E-state index < -0.39 is 12.1 Å². The number of aliphatic hydroxyl groups is 2. The smallest absolute Gasteiger partial charge is 0.305 e. The third-order valence-corrected chi connectivity index (χ3v) is 13.1. The van der Waals surface area contributed by atoms with Crippen LogP contribution in [-0.4, -0.2) is 47.4 Å². The van der Waals surface area contributed by atoms with Crippen LogP contribution in [0, 0.1) is 0 Å². The molecule has 0 aliphatic rings. The fourth-order valence-electron chi connectivity index (χ4n) is 8.75. The Balaban J connectivity index is 3.46. The number of nitrogens with one attached hydrogen (secondary N) is 1. The third-order valence-electron chi connectivity index (χ3n) is 13.1. The van der Waals surface area contributed by atoms with Crippen molar-refractivity contribution in [1.29, 1.82) is 0 Å². The van der Waals surface area contributed by atoms with E-state index in [1.54, 1.807) is 0 Å². The first kappa shape index (κ1) is 60.6. The van der Waals surface area contributed by atoms with Gasteiger partial charge >= 0.3 is 5.97 Å². The lowest BCUT2D eigenvalue weighted by Crippen LogP contribution is -2.45. The van der Waals surface area contributed by atoms with Crippen molar-refractivity contribution in [1.82, 2.24) is 5.32 Å². The predicted molar refractivity (Wildman–Crippen MR) is 269 cm³/mol. The van der Waals surface area contributed by atoms with Gasteiger partial charge in [-0.05, 0) is 51.4 Å². The molecule has 0 radical (unpaired) electrons. The van der Waals surface area contributed by atoms with E-state index in [0.717, 1.165) is 57.8 Å². The molecule has 6 nitrogen and oxygen atoms in total. The van der Waals surface area contributed by atoms with Crippen LogP contribution in [0.25, 0.3) is 0 Å². The van der Waals surface area contributed by atoms with Gasteiger partial charge in [0.05, 0.1) is 25.4 Å². The molecule has 1 amide bonds. The van der Waals surface area contributed by atoms with Crippen LogP contribution in [0.3, 0.4) is 0 Å². The average molecular weight is 876 g/mol. The summed E-state index contributed by atoms with van der Waals surface area (Å²) in [5, 5.41) is 23.3. The summed E-state index contributed by atoms with van der Waals surface area (Å²) in [7, 11) is 0. The SMILES string of the molecule is CCCCCCCC/C=C\CCCCCCCC(=O)OCCCCCCCCCCCCCC(=O)NC(CO)C(O)CCCCCCCCCCCCCCCCCCCCC. The number of hydrogen-bond donors (Lipinski definition) is 3. The summed E-state index contributed by atoms with van der Waals surface area (Å²) >= 11 is 0. The second-order valence-electron chi connectivity index (χ2n) is 19.3. The van der Waals surface area contributed by atoms with Crippen LogP contribution in [0.2, 0.25) is 0 Å². The number of hydrogen-bond acceptors (Lipinski definition) is 5. The van der Waals surface area contributed by atoms with Crippen molar-refractivity contribution in [3.63, 3.8) is 0 Å². The maximum Gasteiger partial charge on any atom is 0.305 e. The number of esters is 1. The van der Waals surface area contributed by atoms with Crippen LogP contribution in [-0.2, 0) is 14.3 Å². The molecule has 0 bridgehead atoms. The molecule has 0 aliphatic carbocycles. The molecule has 0 saturated carbocycles. The quantitative estimate of drug-likeness (QED) is 0.0321. The number of ether oxygens (including phenoxy) is 1. The summed E-state index contributed by atoms with van der Waals surface area (Å²) in [4.78, 5) is 24.5. The largest absolute Gasteiger partial charge is 0.466 e. The molecule has 0 heterocycles. The lowest BCUT2D eigenvalue weighted by molar-refractivity contribution is -0.143. The number of rotatable bonds is 52. The highest BCUT2D eigenvalue weighted by Gasteiger charge is 2.20. The summed E-state index contributed by atoms with van der Waals surface area (Å²) in [5.41, 5.74) is 0. The number of carbonyl (C=O) groups is 2. The highest BCUT2D eigenvalue weighted by atomic mass is 16.5. The van der Waals surface area contributed by atoms with E-state index in [9.17, 15) is 19.8 Å². The Labute approximate surface area is 387 Å². The Kier molecular flexibility index (Phi) is 51.0. The minimum atomic E-state index is -0.677. The lowest BCUT2D eigenvalue weighted by Gasteiger charge is -2.22. The average Bonchev–Trinajstić information content (AvgIpc) is 3.27. The standard InChI is InChI=1S/C56H109NO5/c1-3-5-7-9-11-13-15-17-19-20-21-22-24-25-28-32-36-40-44-48-54(59)53(52-58)57-55(60)49-45-41-37-33-29-27-31-35-39-43-47-51-62-56(61)50-46-42-38-34-30-26-23-18-16-14-12-10-8-6-4-2/h18,23,53-54,58-59H,3-17,19-22,24-52H2,1-2H3,(H,57,60)/b23-18-. The number of aliphatic hydroxyl groups excluding tert-OH is 2. The molecule has 0 saturated heterocycles. The van der Waals surface area contributed by atoms with Gasteiger partial charge in [0.2, 0.25) is 5.91 Å². The molecular formula is C56H109NO5. The zero-order valence-electron chi connectivity index (χ0n) is 41.9. The van der Waals surface area contributed by atoms with Crippen LogP contribution in [0.15, 0.2) is 12.2 Å². The van der Waals surface area contributed by atoms with Crippen LogP contribution < -0.4 is 5.32 Å². The molecule has 0 aromatic heterocycles. The minimum absolute atomic E-state index is 0.0206. The number of allylic oxidation sites excluding steroid dienone is 2. The third kappa shape index (κ3) is 48.1. The Morgan fingerprint density at radius 3 is 1.15 bits per heavy atom. The molecule has 2 unspecified atom stereocenters. The first-order chi connectivity index (χ1) is 30.5. The van der Waals surface area contributed by atoms with Gasteiger partial charge < -0.3 is 20.3 Å². The van der Waals surface area contributed by atoms with Gasteiger partial charge in [-0.3, -0.25) is 9.59 Å². The van der Waals surface area contributed by atoms with E-state index in [1.165, 1.54) is 218 Å². The zero-order valence-corrected chi connectivity index (χ0v) is 41.9. The van der Waals surface area contributed by atoms with Crippen molar-refractivity contribution in [2.24, 2.45) is 0 Å². The van der Waals surface area contributed by atoms with E-state index in [4.69, 9.17) is 4.74 Å². The van der Waals surface area contributed by atoms with Crippen molar-refractivity contribution in [3.8, 4) is 0 Å². The van der Waals surface area contributed by atoms with Crippen molar-refractivity contribution >= 4 is 11.9 Å². The van der Waals surface area contributed by atoms with Gasteiger partial charge in [0.15, 0.2) is 0 Å². The van der Waals surface area contributed by atoms with Crippen LogP contribution in [0.4, 0.5) is 0 Å². The lowest BCUT2D eigenvalue weighted by atomic mass is 10.0. The maximum absolute atomic E-state index is 12.5. The first-order valence-electron chi connectivity index (χ1n) is 27.9. The van der Waals surface area contributed by atoms with Gasteiger partial charge in [0, 0.05) is 12.8 Å². The molecule has 6 heteroatoms. The fourth-order valence-corrected chi connectivity index (χ4v) is 8.75. The summed E-state index contributed by atoms with van der Waals surface area (Å²) in [6, 6.07) is -0.555. The molecule has 0 rings (SSSR count). The van der Waals surface area contributed by atoms with Crippen molar-refractivity contribution in [3.05, 3.63) is 12.2 Å². The molecule has 0 aliphatic heterocycles. The molecule has 2 atom stereocenters. The van der Waals surface area contributed by atoms with Gasteiger partial charge in [0.25, 0.3) is 0 Å². The molecule has 0 aromatic rings. The van der Waals surface area contributed by atoms with Gasteiger partial charge in [-0.1, -0.05) is 257 Å². The van der Waals surface area contributed by atoms with Gasteiger partial charge in [0.1, 0.15) is 0 Å². The van der Waals surface area contributed by atoms with Crippen LogP contribution >= 0.6 is 0 Å². The van der Waals surface area contributed by atoms with E-state index in [0.29, 0.717) is 25.9 Å². The monoisotopic (exact) mass is 876 g/mol. The van der Waals surface area contributed by atoms with Gasteiger partial charge in [-0.25, -0.2) is 0 Å². The highest BCUT2D eigenvalue weighted by molar-refractivity contribution is 5.76. The van der Waals surface area contributed by atoms with Crippen molar-refractivity contribution in [2.75, 3.05) is 13.2 Å². The molecule has 0 spiro atoms. The normalized spacial score (nSPS) is 12.6. The van der Waals surface area contributed by atoms with Crippen molar-refractivity contribution in [2.45, 2.75) is 321 Å². The second-order valence-corrected chi connectivity index (χ2v) is 19.3. The first-order valence-corrected chi connectivity index (χ1v) is 27.9. The van der Waals surface area contributed by atoms with E-state index >= 15 is 0 Å². The Hall–Kier alpha value is -1.40. The van der Waals surface area contributed by atoms with E-state index in [1.807, 2.05) is 0 Å². The number of unbranched alkanes of at least 4 members (excludes halogenated alkanes) is 39. The highest BCUT2D eigenvalue weighted by Crippen LogP contribution is 2.17. The van der Waals surface area contributed by atoms with Gasteiger partial charge in [-0.15, -0.1) is 0 Å². The summed E-state index contributed by atoms with van der Waals surface area (Å²) in [5.74, 6) is -0.0721. The summed E-state index contributed by atoms with van der Waals surface area (Å²) in [6.07, 6.45) is 60.4. The van der Waals surface area contributed by atoms with E-state index in [-0.39, 0.29) is 18.5 Å². The number of carbonyl (C=O) groups excluding carboxylic acids is 2. The predicted octanol–water partition coefficient (Wildman–Crippen LogP) is 16.9. The molecule has 62 heavy (non-hydrogen) atoms. The second kappa shape index (κ2) is 52.2. The van der Waals surface area contributed by atoms with E-state index in [2.05, 4.69) is 31.3 Å². The minimum Gasteiger partial charge on any atom is -0.466 e. The molecule has 0 aromatic carbocycles. The fraction of sp³-hybridized carbons (Fsp3) is 0.929.